The average molecular weight is 246 g/mol. The average Bonchev–Trinajstić information content (AvgIpc) is 2.66. The van der Waals surface area contributed by atoms with E-state index >= 15 is 0 Å². The van der Waals surface area contributed by atoms with Crippen molar-refractivity contribution in [1.82, 2.24) is 10.5 Å². The maximum absolute atomic E-state index is 11.8. The number of carbonyl (C=O) groups excluding carboxylic acids is 1. The van der Waals surface area contributed by atoms with Crippen molar-refractivity contribution in [2.24, 2.45) is 0 Å². The molecule has 0 aliphatic carbocycles. The summed E-state index contributed by atoms with van der Waals surface area (Å²) in [5, 5.41) is 15.9. The Balaban J connectivity index is 2.05. The van der Waals surface area contributed by atoms with E-state index in [2.05, 4.69) is 10.5 Å². The van der Waals surface area contributed by atoms with Gasteiger partial charge in [0.1, 0.15) is 11.5 Å². The number of amides is 1. The first-order valence-electron chi connectivity index (χ1n) is 5.57. The quantitative estimate of drug-likeness (QED) is 0.867. The molecule has 5 nitrogen and oxygen atoms in total. The lowest BCUT2D eigenvalue weighted by atomic mass is 10.1. The number of rotatable bonds is 3. The van der Waals surface area contributed by atoms with Gasteiger partial charge in [-0.05, 0) is 32.0 Å². The second-order valence-corrected chi connectivity index (χ2v) is 4.04. The standard InChI is InChI=1S/C13H14N2O3/c1-8-12(9(2)18-15-8)7-14-13(17)10-4-3-5-11(16)6-10/h3-6,16H,7H2,1-2H3,(H,14,17). The minimum Gasteiger partial charge on any atom is -0.508 e. The van der Waals surface area contributed by atoms with Gasteiger partial charge in [-0.2, -0.15) is 0 Å². The number of nitrogens with zero attached hydrogens (tertiary/aromatic N) is 1. The Morgan fingerprint density at radius 1 is 1.44 bits per heavy atom. The highest BCUT2D eigenvalue weighted by Gasteiger charge is 2.11. The summed E-state index contributed by atoms with van der Waals surface area (Å²) in [5.74, 6) is 0.523. The molecule has 0 aliphatic heterocycles. The van der Waals surface area contributed by atoms with Crippen LogP contribution in [0.25, 0.3) is 0 Å². The van der Waals surface area contributed by atoms with Crippen molar-refractivity contribution in [2.45, 2.75) is 20.4 Å². The number of aromatic nitrogens is 1. The van der Waals surface area contributed by atoms with Crippen molar-refractivity contribution in [3.8, 4) is 5.75 Å². The zero-order valence-corrected chi connectivity index (χ0v) is 10.2. The smallest absolute Gasteiger partial charge is 0.251 e. The molecule has 1 aromatic carbocycles. The largest absolute Gasteiger partial charge is 0.508 e. The molecule has 5 heteroatoms. The highest BCUT2D eigenvalue weighted by atomic mass is 16.5. The number of aryl methyl sites for hydroxylation is 2. The summed E-state index contributed by atoms with van der Waals surface area (Å²) >= 11 is 0. The van der Waals surface area contributed by atoms with Gasteiger partial charge >= 0.3 is 0 Å². The number of phenolic OH excluding ortho intramolecular Hbond substituents is 1. The van der Waals surface area contributed by atoms with Crippen molar-refractivity contribution in [3.63, 3.8) is 0 Å². The van der Waals surface area contributed by atoms with Gasteiger partial charge in [0.15, 0.2) is 0 Å². The Morgan fingerprint density at radius 3 is 2.83 bits per heavy atom. The molecule has 1 aromatic heterocycles. The third kappa shape index (κ3) is 2.51. The first-order chi connectivity index (χ1) is 8.58. The molecule has 94 valence electrons. The monoisotopic (exact) mass is 246 g/mol. The molecule has 0 aliphatic rings. The van der Waals surface area contributed by atoms with Crippen LogP contribution in [-0.4, -0.2) is 16.2 Å². The van der Waals surface area contributed by atoms with Gasteiger partial charge < -0.3 is 14.9 Å². The van der Waals surface area contributed by atoms with Crippen LogP contribution in [0.3, 0.4) is 0 Å². The molecule has 0 bridgehead atoms. The van der Waals surface area contributed by atoms with Crippen molar-refractivity contribution in [1.29, 1.82) is 0 Å². The van der Waals surface area contributed by atoms with Gasteiger partial charge in [-0.3, -0.25) is 4.79 Å². The zero-order valence-electron chi connectivity index (χ0n) is 10.2. The molecule has 0 saturated heterocycles. The predicted molar refractivity (Wildman–Crippen MR) is 65.3 cm³/mol. The highest BCUT2D eigenvalue weighted by Crippen LogP contribution is 2.13. The fraction of sp³-hybridized carbons (Fsp3) is 0.231. The molecular formula is C13H14N2O3. The van der Waals surface area contributed by atoms with Crippen LogP contribution >= 0.6 is 0 Å². The Kier molecular flexibility index (Phi) is 3.32. The number of phenols is 1. The van der Waals surface area contributed by atoms with E-state index in [0.29, 0.717) is 17.9 Å². The topological polar surface area (TPSA) is 75.4 Å². The van der Waals surface area contributed by atoms with E-state index in [0.717, 1.165) is 11.3 Å². The minimum absolute atomic E-state index is 0.0694. The molecule has 1 amide bonds. The second kappa shape index (κ2) is 4.91. The van der Waals surface area contributed by atoms with Crippen LogP contribution in [0.4, 0.5) is 0 Å². The first-order valence-corrected chi connectivity index (χ1v) is 5.57. The molecular weight excluding hydrogens is 232 g/mol. The number of hydrogen-bond donors (Lipinski definition) is 2. The molecule has 2 N–H and O–H groups in total. The van der Waals surface area contributed by atoms with Crippen LogP contribution in [-0.2, 0) is 6.54 Å². The lowest BCUT2D eigenvalue weighted by Crippen LogP contribution is -2.23. The third-order valence-corrected chi connectivity index (χ3v) is 2.72. The van der Waals surface area contributed by atoms with Gasteiger partial charge in [0.25, 0.3) is 5.91 Å². The maximum Gasteiger partial charge on any atom is 0.251 e. The van der Waals surface area contributed by atoms with E-state index in [1.807, 2.05) is 6.92 Å². The summed E-state index contributed by atoms with van der Waals surface area (Å²) in [6, 6.07) is 6.20. The number of aromatic hydroxyl groups is 1. The Labute approximate surface area is 104 Å². The van der Waals surface area contributed by atoms with Crippen molar-refractivity contribution in [2.75, 3.05) is 0 Å². The molecule has 2 aromatic rings. The molecule has 0 fully saturated rings. The highest BCUT2D eigenvalue weighted by molar-refractivity contribution is 5.94. The summed E-state index contributed by atoms with van der Waals surface area (Å²) < 4.78 is 5.01. The van der Waals surface area contributed by atoms with Gasteiger partial charge in [0, 0.05) is 17.7 Å². The van der Waals surface area contributed by atoms with Gasteiger partial charge in [0.2, 0.25) is 0 Å². The summed E-state index contributed by atoms with van der Waals surface area (Å²) in [6.45, 7) is 3.98. The summed E-state index contributed by atoms with van der Waals surface area (Å²) in [7, 11) is 0. The first kappa shape index (κ1) is 12.2. The fourth-order valence-electron chi connectivity index (χ4n) is 1.67. The van der Waals surface area contributed by atoms with Crippen LogP contribution in [0.1, 0.15) is 27.4 Å². The zero-order chi connectivity index (χ0) is 13.1. The summed E-state index contributed by atoms with van der Waals surface area (Å²) in [4.78, 5) is 11.8. The fourth-order valence-corrected chi connectivity index (χ4v) is 1.67. The van der Waals surface area contributed by atoms with E-state index in [9.17, 15) is 9.90 Å². The third-order valence-electron chi connectivity index (χ3n) is 2.72. The van der Waals surface area contributed by atoms with Gasteiger partial charge in [-0.15, -0.1) is 0 Å². The lowest BCUT2D eigenvalue weighted by Gasteiger charge is -2.05. The van der Waals surface area contributed by atoms with Gasteiger partial charge in [0.05, 0.1) is 5.69 Å². The number of carbonyl (C=O) groups is 1. The Bertz CT molecular complexity index is 556. The summed E-state index contributed by atoms with van der Waals surface area (Å²) in [5.41, 5.74) is 2.06. The van der Waals surface area contributed by atoms with Crippen LogP contribution in [0.2, 0.25) is 0 Å². The molecule has 0 atom stereocenters. The summed E-state index contributed by atoms with van der Waals surface area (Å²) in [6.07, 6.45) is 0. The second-order valence-electron chi connectivity index (χ2n) is 4.04. The number of hydrogen-bond acceptors (Lipinski definition) is 4. The van der Waals surface area contributed by atoms with E-state index in [1.54, 1.807) is 19.1 Å². The van der Waals surface area contributed by atoms with E-state index in [1.165, 1.54) is 12.1 Å². The molecule has 2 rings (SSSR count). The molecule has 0 spiro atoms. The molecule has 0 radical (unpaired) electrons. The van der Waals surface area contributed by atoms with E-state index in [4.69, 9.17) is 4.52 Å². The lowest BCUT2D eigenvalue weighted by molar-refractivity contribution is 0.0950. The minimum atomic E-state index is -0.245. The van der Waals surface area contributed by atoms with Gasteiger partial charge in [-0.25, -0.2) is 0 Å². The number of benzene rings is 1. The molecule has 1 heterocycles. The van der Waals surface area contributed by atoms with Crippen molar-refractivity contribution >= 4 is 5.91 Å². The van der Waals surface area contributed by atoms with Crippen LogP contribution in [0.5, 0.6) is 5.75 Å². The van der Waals surface area contributed by atoms with Gasteiger partial charge in [-0.1, -0.05) is 11.2 Å². The normalized spacial score (nSPS) is 10.3. The maximum atomic E-state index is 11.8. The molecule has 18 heavy (non-hydrogen) atoms. The predicted octanol–water partition coefficient (Wildman–Crippen LogP) is 1.93. The molecule has 0 unspecified atom stereocenters. The molecule has 0 saturated carbocycles. The SMILES string of the molecule is Cc1noc(C)c1CNC(=O)c1cccc(O)c1. The van der Waals surface area contributed by atoms with Crippen LogP contribution < -0.4 is 5.32 Å². The van der Waals surface area contributed by atoms with Crippen molar-refractivity contribution < 1.29 is 14.4 Å². The van der Waals surface area contributed by atoms with Crippen LogP contribution in [0, 0.1) is 13.8 Å². The van der Waals surface area contributed by atoms with E-state index < -0.39 is 0 Å². The number of nitrogens with one attached hydrogen (secondary N) is 1. The Morgan fingerprint density at radius 2 is 2.22 bits per heavy atom. The van der Waals surface area contributed by atoms with E-state index in [-0.39, 0.29) is 11.7 Å². The Hall–Kier alpha value is -2.30. The van der Waals surface area contributed by atoms with Crippen LogP contribution in [0.15, 0.2) is 28.8 Å². The van der Waals surface area contributed by atoms with Crippen molar-refractivity contribution in [3.05, 3.63) is 46.8 Å².